The van der Waals surface area contributed by atoms with E-state index in [1.165, 1.54) is 41.0 Å². The quantitative estimate of drug-likeness (QED) is 0.505. The normalized spacial score (nSPS) is 11.4. The Morgan fingerprint density at radius 1 is 1.04 bits per heavy atom. The molecule has 0 bridgehead atoms. The minimum atomic E-state index is -3.71. The van der Waals surface area contributed by atoms with Gasteiger partial charge >= 0.3 is 0 Å². The molecule has 2 aromatic heterocycles. The van der Waals surface area contributed by atoms with Crippen molar-refractivity contribution in [1.82, 2.24) is 4.98 Å². The van der Waals surface area contributed by atoms with Crippen LogP contribution in [-0.4, -0.2) is 19.3 Å². The van der Waals surface area contributed by atoms with Crippen molar-refractivity contribution in [2.45, 2.75) is 4.90 Å². The van der Waals surface area contributed by atoms with Crippen LogP contribution in [-0.2, 0) is 10.0 Å². The maximum atomic E-state index is 12.4. The smallest absolute Gasteiger partial charge is 0.265 e. The highest BCUT2D eigenvalue weighted by Gasteiger charge is 2.16. The molecule has 0 aliphatic rings. The first-order valence-electron chi connectivity index (χ1n) is 7.83. The van der Waals surface area contributed by atoms with Crippen LogP contribution < -0.4 is 10.0 Å². The van der Waals surface area contributed by atoms with Crippen LogP contribution in [0.1, 0.15) is 9.67 Å². The van der Waals surface area contributed by atoms with E-state index >= 15 is 0 Å². The molecule has 0 spiro atoms. The lowest BCUT2D eigenvalue weighted by Gasteiger charge is -2.07. The standard InChI is InChI=1S/C18H13N3O3S3/c22-17(16-11-12-3-1-2-4-15(12)26-16)20-13-5-7-14(8-6-13)27(23,24)21-18-19-9-10-25-18/h1-11H,(H,19,21)(H,20,22). The molecule has 0 aliphatic carbocycles. The van der Waals surface area contributed by atoms with Crippen molar-refractivity contribution < 1.29 is 13.2 Å². The van der Waals surface area contributed by atoms with Crippen LogP contribution in [0.2, 0.25) is 0 Å². The molecule has 4 aromatic rings. The van der Waals surface area contributed by atoms with Gasteiger partial charge in [0.1, 0.15) is 0 Å². The van der Waals surface area contributed by atoms with E-state index in [9.17, 15) is 13.2 Å². The molecule has 27 heavy (non-hydrogen) atoms. The molecule has 1 amide bonds. The molecule has 136 valence electrons. The van der Waals surface area contributed by atoms with Gasteiger partial charge in [-0.15, -0.1) is 22.7 Å². The van der Waals surface area contributed by atoms with Gasteiger partial charge in [0.15, 0.2) is 5.13 Å². The third-order valence-corrected chi connectivity index (χ3v) is 7.01. The number of thiazole rings is 1. The zero-order valence-electron chi connectivity index (χ0n) is 13.7. The lowest BCUT2D eigenvalue weighted by atomic mass is 10.2. The molecular formula is C18H13N3O3S3. The Kier molecular flexibility index (Phi) is 4.65. The zero-order valence-corrected chi connectivity index (χ0v) is 16.2. The summed E-state index contributed by atoms with van der Waals surface area (Å²) in [5.74, 6) is -0.229. The zero-order chi connectivity index (χ0) is 18.9. The van der Waals surface area contributed by atoms with Crippen LogP contribution in [0.5, 0.6) is 0 Å². The summed E-state index contributed by atoms with van der Waals surface area (Å²) < 4.78 is 28.1. The second-order valence-electron chi connectivity index (χ2n) is 5.57. The average Bonchev–Trinajstić information content (AvgIpc) is 3.31. The fourth-order valence-corrected chi connectivity index (χ4v) is 5.20. The number of amides is 1. The molecule has 0 saturated heterocycles. The van der Waals surface area contributed by atoms with Crippen LogP contribution in [0.3, 0.4) is 0 Å². The summed E-state index contributed by atoms with van der Waals surface area (Å²) in [4.78, 5) is 17.0. The van der Waals surface area contributed by atoms with E-state index in [-0.39, 0.29) is 10.8 Å². The molecule has 0 fully saturated rings. The van der Waals surface area contributed by atoms with Gasteiger partial charge in [0, 0.05) is 22.0 Å². The summed E-state index contributed by atoms with van der Waals surface area (Å²) in [6, 6.07) is 15.6. The number of carbonyl (C=O) groups excluding carboxylic acids is 1. The van der Waals surface area contributed by atoms with Crippen LogP contribution in [0, 0.1) is 0 Å². The maximum Gasteiger partial charge on any atom is 0.265 e. The van der Waals surface area contributed by atoms with Crippen molar-refractivity contribution >= 4 is 59.5 Å². The van der Waals surface area contributed by atoms with Gasteiger partial charge in [-0.05, 0) is 41.8 Å². The van der Waals surface area contributed by atoms with E-state index in [1.807, 2.05) is 30.3 Å². The molecule has 2 heterocycles. The highest BCUT2D eigenvalue weighted by molar-refractivity contribution is 7.93. The van der Waals surface area contributed by atoms with E-state index in [2.05, 4.69) is 15.0 Å². The number of sulfonamides is 1. The fourth-order valence-electron chi connectivity index (χ4n) is 2.45. The Morgan fingerprint density at radius 3 is 2.52 bits per heavy atom. The highest BCUT2D eigenvalue weighted by atomic mass is 32.2. The molecule has 0 atom stereocenters. The Hall–Kier alpha value is -2.75. The van der Waals surface area contributed by atoms with Gasteiger partial charge in [0.05, 0.1) is 9.77 Å². The third-order valence-electron chi connectivity index (χ3n) is 3.73. The second kappa shape index (κ2) is 7.10. The first-order chi connectivity index (χ1) is 13.0. The SMILES string of the molecule is O=C(Nc1ccc(S(=O)(=O)Nc2nccs2)cc1)c1cc2ccccc2s1. The van der Waals surface area contributed by atoms with Gasteiger partial charge in [-0.3, -0.25) is 9.52 Å². The number of hydrogen-bond acceptors (Lipinski definition) is 6. The van der Waals surface area contributed by atoms with Crippen molar-refractivity contribution in [3.05, 3.63) is 71.1 Å². The minimum Gasteiger partial charge on any atom is -0.321 e. The number of nitrogens with zero attached hydrogens (tertiary/aromatic N) is 1. The average molecular weight is 416 g/mol. The van der Waals surface area contributed by atoms with E-state index in [1.54, 1.807) is 17.5 Å². The molecule has 0 aliphatic heterocycles. The predicted octanol–water partition coefficient (Wildman–Crippen LogP) is 4.41. The van der Waals surface area contributed by atoms with Crippen LogP contribution in [0.25, 0.3) is 10.1 Å². The number of carbonyl (C=O) groups is 1. The van der Waals surface area contributed by atoms with Crippen molar-refractivity contribution in [1.29, 1.82) is 0 Å². The van der Waals surface area contributed by atoms with Gasteiger partial charge in [-0.1, -0.05) is 18.2 Å². The Bertz CT molecular complexity index is 1160. The number of hydrogen-bond donors (Lipinski definition) is 2. The van der Waals surface area contributed by atoms with Crippen molar-refractivity contribution in [3.8, 4) is 0 Å². The second-order valence-corrected chi connectivity index (χ2v) is 9.23. The molecule has 9 heteroatoms. The van der Waals surface area contributed by atoms with Gasteiger partial charge in [0.2, 0.25) is 0 Å². The first kappa shape index (κ1) is 17.7. The minimum absolute atomic E-state index is 0.0950. The van der Waals surface area contributed by atoms with Crippen LogP contribution in [0.4, 0.5) is 10.8 Å². The van der Waals surface area contributed by atoms with Crippen LogP contribution in [0.15, 0.2) is 71.1 Å². The van der Waals surface area contributed by atoms with E-state index in [0.717, 1.165) is 10.1 Å². The van der Waals surface area contributed by atoms with E-state index in [4.69, 9.17) is 0 Å². The number of anilines is 2. The summed E-state index contributed by atoms with van der Waals surface area (Å²) in [7, 11) is -3.71. The van der Waals surface area contributed by atoms with Gasteiger partial charge in [-0.25, -0.2) is 13.4 Å². The van der Waals surface area contributed by atoms with E-state index < -0.39 is 10.0 Å². The van der Waals surface area contributed by atoms with Crippen molar-refractivity contribution in [2.24, 2.45) is 0 Å². The van der Waals surface area contributed by atoms with Crippen LogP contribution >= 0.6 is 22.7 Å². The monoisotopic (exact) mass is 415 g/mol. The molecule has 2 N–H and O–H groups in total. The first-order valence-corrected chi connectivity index (χ1v) is 11.0. The summed E-state index contributed by atoms with van der Waals surface area (Å²) >= 11 is 2.61. The number of thiophene rings is 1. The van der Waals surface area contributed by atoms with Gasteiger partial charge in [-0.2, -0.15) is 0 Å². The summed E-state index contributed by atoms with van der Waals surface area (Å²) in [6.07, 6.45) is 1.52. The summed E-state index contributed by atoms with van der Waals surface area (Å²) in [6.45, 7) is 0. The Morgan fingerprint density at radius 2 is 1.81 bits per heavy atom. The van der Waals surface area contributed by atoms with Gasteiger partial charge < -0.3 is 5.32 Å². The molecule has 2 aromatic carbocycles. The highest BCUT2D eigenvalue weighted by Crippen LogP contribution is 2.26. The number of rotatable bonds is 5. The molecule has 0 radical (unpaired) electrons. The topological polar surface area (TPSA) is 88.2 Å². The largest absolute Gasteiger partial charge is 0.321 e. The molecule has 0 saturated carbocycles. The third kappa shape index (κ3) is 3.85. The number of nitrogens with one attached hydrogen (secondary N) is 2. The fraction of sp³-hybridized carbons (Fsp3) is 0. The predicted molar refractivity (Wildman–Crippen MR) is 109 cm³/mol. The number of aromatic nitrogens is 1. The molecule has 6 nitrogen and oxygen atoms in total. The molecule has 0 unspecified atom stereocenters. The maximum absolute atomic E-state index is 12.4. The van der Waals surface area contributed by atoms with Gasteiger partial charge in [0.25, 0.3) is 15.9 Å². The lowest BCUT2D eigenvalue weighted by molar-refractivity contribution is 0.103. The summed E-state index contributed by atoms with van der Waals surface area (Å²) in [5, 5.41) is 5.79. The number of benzene rings is 2. The Labute approximate surface area is 163 Å². The lowest BCUT2D eigenvalue weighted by Crippen LogP contribution is -2.13. The molecular weight excluding hydrogens is 402 g/mol. The Balaban J connectivity index is 1.49. The van der Waals surface area contributed by atoms with Crippen molar-refractivity contribution in [2.75, 3.05) is 10.0 Å². The van der Waals surface area contributed by atoms with E-state index in [0.29, 0.717) is 15.7 Å². The van der Waals surface area contributed by atoms with Crippen molar-refractivity contribution in [3.63, 3.8) is 0 Å². The number of fused-ring (bicyclic) bond motifs is 1. The summed E-state index contributed by atoms with van der Waals surface area (Å²) in [5.41, 5.74) is 0.519. The molecule has 4 rings (SSSR count).